The van der Waals surface area contributed by atoms with Crippen molar-refractivity contribution in [2.24, 2.45) is 0 Å². The van der Waals surface area contributed by atoms with Crippen LogP contribution in [0.1, 0.15) is 0 Å². The number of carbonyl (C=O) groups excluding carboxylic acids is 1. The van der Waals surface area contributed by atoms with Crippen molar-refractivity contribution in [1.29, 1.82) is 0 Å². The number of hydrogen-bond acceptors (Lipinski definition) is 4. The van der Waals surface area contributed by atoms with Gasteiger partial charge in [-0.3, -0.25) is 4.79 Å². The Balaban J connectivity index is 2.14. The van der Waals surface area contributed by atoms with Gasteiger partial charge in [-0.2, -0.15) is 11.8 Å². The third-order valence-electron chi connectivity index (χ3n) is 2.49. The Morgan fingerprint density at radius 3 is 3.06 bits per heavy atom. The molecule has 0 bridgehead atoms. The van der Waals surface area contributed by atoms with E-state index in [1.54, 1.807) is 17.8 Å². The van der Waals surface area contributed by atoms with E-state index in [1.807, 2.05) is 6.07 Å². The molecule has 6 heteroatoms. The van der Waals surface area contributed by atoms with Gasteiger partial charge < -0.3 is 10.1 Å². The van der Waals surface area contributed by atoms with E-state index in [4.69, 9.17) is 4.74 Å². The van der Waals surface area contributed by atoms with Crippen LogP contribution in [0.2, 0.25) is 0 Å². The van der Waals surface area contributed by atoms with E-state index in [2.05, 4.69) is 27.9 Å². The molecule has 1 aliphatic rings. The Morgan fingerprint density at radius 2 is 2.33 bits per heavy atom. The van der Waals surface area contributed by atoms with Gasteiger partial charge in [-0.05, 0) is 46.4 Å². The molecule has 18 heavy (non-hydrogen) atoms. The van der Waals surface area contributed by atoms with Crippen LogP contribution >= 0.6 is 34.4 Å². The molecule has 1 N–H and O–H groups in total. The Labute approximate surface area is 122 Å². The fraction of sp³-hybridized carbons (Fsp3) is 0.250. The summed E-state index contributed by atoms with van der Waals surface area (Å²) in [6, 6.07) is 5.04. The molecule has 1 aliphatic heterocycles. The van der Waals surface area contributed by atoms with Crippen molar-refractivity contribution in [3.8, 4) is 0 Å². The van der Waals surface area contributed by atoms with Crippen LogP contribution < -0.4 is 5.32 Å². The third-order valence-corrected chi connectivity index (χ3v) is 4.21. The highest BCUT2D eigenvalue weighted by Gasteiger charge is 2.16. The second-order valence-electron chi connectivity index (χ2n) is 3.73. The number of halogens is 2. The summed E-state index contributed by atoms with van der Waals surface area (Å²) in [4.78, 5) is 10.2. The molecule has 0 fully saturated rings. The molecular weight excluding hydrogens is 368 g/mol. The maximum absolute atomic E-state index is 13.7. The lowest BCUT2D eigenvalue weighted by Gasteiger charge is -2.10. The summed E-state index contributed by atoms with van der Waals surface area (Å²) >= 11 is 3.78. The van der Waals surface area contributed by atoms with Crippen LogP contribution in [0, 0.1) is 9.39 Å². The Bertz CT molecular complexity index is 493. The van der Waals surface area contributed by atoms with Gasteiger partial charge in [0.25, 0.3) is 6.47 Å². The Hall–Kier alpha value is -0.760. The molecule has 0 radical (unpaired) electrons. The van der Waals surface area contributed by atoms with E-state index < -0.39 is 0 Å². The summed E-state index contributed by atoms with van der Waals surface area (Å²) in [5.41, 5.74) is 2.39. The molecule has 2 rings (SSSR count). The van der Waals surface area contributed by atoms with Gasteiger partial charge in [0, 0.05) is 20.8 Å². The SMILES string of the molecule is O=COCC1=C(Nc2ccc(I)cc2F)CSC1. The summed E-state index contributed by atoms with van der Waals surface area (Å²) in [6.07, 6.45) is 0. The van der Waals surface area contributed by atoms with Crippen molar-refractivity contribution in [1.82, 2.24) is 0 Å². The zero-order valence-electron chi connectivity index (χ0n) is 9.41. The molecule has 0 amide bonds. The average molecular weight is 379 g/mol. The second-order valence-corrected chi connectivity index (χ2v) is 5.96. The lowest BCUT2D eigenvalue weighted by molar-refractivity contribution is -0.127. The van der Waals surface area contributed by atoms with Crippen molar-refractivity contribution in [2.75, 3.05) is 23.4 Å². The van der Waals surface area contributed by atoms with E-state index in [9.17, 15) is 9.18 Å². The zero-order valence-corrected chi connectivity index (χ0v) is 12.4. The average Bonchev–Trinajstić information content (AvgIpc) is 2.77. The predicted octanol–water partition coefficient (Wildman–Crippen LogP) is 3.02. The van der Waals surface area contributed by atoms with Gasteiger partial charge in [-0.1, -0.05) is 0 Å². The van der Waals surface area contributed by atoms with E-state index in [0.717, 1.165) is 26.3 Å². The summed E-state index contributed by atoms with van der Waals surface area (Å²) in [7, 11) is 0. The fourth-order valence-corrected chi connectivity index (χ4v) is 3.15. The minimum absolute atomic E-state index is 0.269. The van der Waals surface area contributed by atoms with Crippen molar-refractivity contribution in [2.45, 2.75) is 0 Å². The maximum Gasteiger partial charge on any atom is 0.293 e. The van der Waals surface area contributed by atoms with E-state index >= 15 is 0 Å². The monoisotopic (exact) mass is 379 g/mol. The van der Waals surface area contributed by atoms with Crippen molar-refractivity contribution < 1.29 is 13.9 Å². The van der Waals surface area contributed by atoms with Gasteiger partial charge in [0.15, 0.2) is 0 Å². The lowest BCUT2D eigenvalue weighted by atomic mass is 10.2. The highest BCUT2D eigenvalue weighted by atomic mass is 127. The first-order chi connectivity index (χ1) is 8.70. The molecule has 1 heterocycles. The molecule has 0 saturated carbocycles. The number of rotatable bonds is 5. The topological polar surface area (TPSA) is 38.3 Å². The van der Waals surface area contributed by atoms with E-state index in [0.29, 0.717) is 12.2 Å². The molecule has 0 unspecified atom stereocenters. The number of hydrogen-bond donors (Lipinski definition) is 1. The first-order valence-corrected chi connectivity index (χ1v) is 7.50. The summed E-state index contributed by atoms with van der Waals surface area (Å²) < 4.78 is 19.3. The van der Waals surface area contributed by atoms with Gasteiger partial charge >= 0.3 is 0 Å². The number of thioether (sulfide) groups is 1. The van der Waals surface area contributed by atoms with Crippen LogP contribution in [0.25, 0.3) is 0 Å². The molecule has 0 atom stereocenters. The molecule has 0 spiro atoms. The number of ether oxygens (including phenoxy) is 1. The number of anilines is 1. The fourth-order valence-electron chi connectivity index (χ4n) is 1.61. The first kappa shape index (κ1) is 13.7. The largest absolute Gasteiger partial charge is 0.463 e. The molecule has 96 valence electrons. The Kier molecular flexibility index (Phi) is 4.87. The quantitative estimate of drug-likeness (QED) is 0.631. The maximum atomic E-state index is 13.7. The molecule has 0 aliphatic carbocycles. The van der Waals surface area contributed by atoms with Crippen LogP contribution in [-0.4, -0.2) is 24.6 Å². The highest BCUT2D eigenvalue weighted by molar-refractivity contribution is 14.1. The molecule has 0 aromatic heterocycles. The minimum Gasteiger partial charge on any atom is -0.463 e. The summed E-state index contributed by atoms with van der Waals surface area (Å²) in [6.45, 7) is 0.698. The number of benzene rings is 1. The van der Waals surface area contributed by atoms with E-state index in [1.165, 1.54) is 6.07 Å². The molecule has 0 saturated heterocycles. The van der Waals surface area contributed by atoms with Gasteiger partial charge in [0.2, 0.25) is 0 Å². The summed E-state index contributed by atoms with van der Waals surface area (Å²) in [5.74, 6) is 1.31. The van der Waals surface area contributed by atoms with Gasteiger partial charge in [-0.15, -0.1) is 0 Å². The summed E-state index contributed by atoms with van der Waals surface area (Å²) in [5, 5.41) is 3.08. The number of nitrogens with one attached hydrogen (secondary N) is 1. The van der Waals surface area contributed by atoms with Crippen LogP contribution in [0.3, 0.4) is 0 Å². The van der Waals surface area contributed by atoms with Crippen molar-refractivity contribution in [3.05, 3.63) is 38.9 Å². The van der Waals surface area contributed by atoms with Crippen LogP contribution in [0.5, 0.6) is 0 Å². The van der Waals surface area contributed by atoms with Crippen LogP contribution in [0.15, 0.2) is 29.5 Å². The number of carbonyl (C=O) groups is 1. The standard InChI is InChI=1S/C12H11FINO2S/c13-10-3-9(14)1-2-11(10)15-12-6-18-5-8(12)4-17-7-16/h1-3,7,15H,4-6H2. The second kappa shape index (κ2) is 6.42. The Morgan fingerprint density at radius 1 is 1.50 bits per heavy atom. The predicted molar refractivity (Wildman–Crippen MR) is 79.1 cm³/mol. The highest BCUT2D eigenvalue weighted by Crippen LogP contribution is 2.27. The molecular formula is C12H11FINO2S. The lowest BCUT2D eigenvalue weighted by Crippen LogP contribution is -2.07. The van der Waals surface area contributed by atoms with Crippen LogP contribution in [-0.2, 0) is 9.53 Å². The first-order valence-electron chi connectivity index (χ1n) is 5.26. The third kappa shape index (κ3) is 3.38. The molecule has 1 aromatic rings. The van der Waals surface area contributed by atoms with Crippen molar-refractivity contribution in [3.63, 3.8) is 0 Å². The molecule has 1 aromatic carbocycles. The molecule has 3 nitrogen and oxygen atoms in total. The van der Waals surface area contributed by atoms with Crippen LogP contribution in [0.4, 0.5) is 10.1 Å². The van der Waals surface area contributed by atoms with Crippen molar-refractivity contribution >= 4 is 46.5 Å². The minimum atomic E-state index is -0.276. The van der Waals surface area contributed by atoms with Gasteiger partial charge in [0.1, 0.15) is 12.4 Å². The normalized spacial score (nSPS) is 14.8. The van der Waals surface area contributed by atoms with E-state index in [-0.39, 0.29) is 12.4 Å². The smallest absolute Gasteiger partial charge is 0.293 e. The van der Waals surface area contributed by atoms with Gasteiger partial charge in [0.05, 0.1) is 5.69 Å². The van der Waals surface area contributed by atoms with Gasteiger partial charge in [-0.25, -0.2) is 4.39 Å². The zero-order chi connectivity index (χ0) is 13.0.